The molecule has 25 heavy (non-hydrogen) atoms. The smallest absolute Gasteiger partial charge is 0.225 e. The maximum absolute atomic E-state index is 9.03. The van der Waals surface area contributed by atoms with Crippen molar-refractivity contribution in [3.63, 3.8) is 0 Å². The first-order valence-electron chi connectivity index (χ1n) is 8.16. The van der Waals surface area contributed by atoms with Gasteiger partial charge in [0.05, 0.1) is 25.1 Å². The first-order chi connectivity index (χ1) is 12.3. The molecule has 3 aromatic rings. The lowest BCUT2D eigenvalue weighted by molar-refractivity contribution is 0.414. The number of ether oxygens (including phenoxy) is 1. The highest BCUT2D eigenvalue weighted by Gasteiger charge is 2.25. The lowest BCUT2D eigenvalue weighted by Gasteiger charge is -2.11. The Morgan fingerprint density at radius 2 is 2.12 bits per heavy atom. The largest absolute Gasteiger partial charge is 0.497 e. The molecule has 0 aliphatic heterocycles. The fourth-order valence-corrected chi connectivity index (χ4v) is 3.11. The lowest BCUT2D eigenvalue weighted by Crippen LogP contribution is -2.17. The Morgan fingerprint density at radius 1 is 1.28 bits per heavy atom. The third-order valence-corrected chi connectivity index (χ3v) is 4.46. The molecular weight excluding hydrogens is 318 g/mol. The number of anilines is 1. The van der Waals surface area contributed by atoms with Crippen molar-refractivity contribution in [1.29, 1.82) is 5.26 Å². The average Bonchev–Trinajstić information content (AvgIpc) is 3.28. The van der Waals surface area contributed by atoms with Gasteiger partial charge in [-0.15, -0.1) is 5.10 Å². The minimum absolute atomic E-state index is 0.118. The van der Waals surface area contributed by atoms with Crippen LogP contribution < -0.4 is 10.1 Å². The van der Waals surface area contributed by atoms with Crippen LogP contribution in [0, 0.1) is 17.2 Å². The average molecular weight is 335 g/mol. The van der Waals surface area contributed by atoms with Crippen molar-refractivity contribution in [1.82, 2.24) is 25.0 Å². The summed E-state index contributed by atoms with van der Waals surface area (Å²) in [4.78, 5) is 8.88. The summed E-state index contributed by atoms with van der Waals surface area (Å²) in [5.41, 5.74) is 2.11. The van der Waals surface area contributed by atoms with Gasteiger partial charge in [-0.3, -0.25) is 0 Å². The number of methoxy groups -OCH3 is 1. The second-order valence-electron chi connectivity index (χ2n) is 6.08. The van der Waals surface area contributed by atoms with Crippen LogP contribution in [0.3, 0.4) is 0 Å². The van der Waals surface area contributed by atoms with E-state index < -0.39 is 0 Å². The first kappa shape index (κ1) is 15.3. The van der Waals surface area contributed by atoms with Gasteiger partial charge in [0.15, 0.2) is 11.2 Å². The molecule has 1 saturated carbocycles. The normalized spacial score (nSPS) is 19.7. The lowest BCUT2D eigenvalue weighted by atomic mass is 10.1. The van der Waals surface area contributed by atoms with Crippen LogP contribution in [0.1, 0.15) is 19.3 Å². The van der Waals surface area contributed by atoms with Gasteiger partial charge in [-0.25, -0.2) is 4.98 Å². The topological polar surface area (TPSA) is 102 Å². The highest BCUT2D eigenvalue weighted by Crippen LogP contribution is 2.27. The van der Waals surface area contributed by atoms with E-state index in [1.54, 1.807) is 18.0 Å². The highest BCUT2D eigenvalue weighted by molar-refractivity contribution is 5.72. The molecule has 1 aliphatic carbocycles. The Kier molecular flexibility index (Phi) is 3.90. The molecule has 1 fully saturated rings. The molecule has 0 radical (unpaired) electrons. The van der Waals surface area contributed by atoms with E-state index in [4.69, 9.17) is 10.00 Å². The number of hydrogen-bond acceptors (Lipinski definition) is 7. The predicted molar refractivity (Wildman–Crippen MR) is 91.4 cm³/mol. The molecule has 1 N–H and O–H groups in total. The van der Waals surface area contributed by atoms with E-state index in [0.29, 0.717) is 17.1 Å². The van der Waals surface area contributed by atoms with E-state index in [-0.39, 0.29) is 12.0 Å². The second kappa shape index (κ2) is 6.36. The third kappa shape index (κ3) is 2.96. The zero-order valence-corrected chi connectivity index (χ0v) is 13.8. The van der Waals surface area contributed by atoms with Crippen molar-refractivity contribution in [2.75, 3.05) is 12.4 Å². The molecule has 0 unspecified atom stereocenters. The number of nitriles is 1. The summed E-state index contributed by atoms with van der Waals surface area (Å²) in [5.74, 6) is 1.43. The molecule has 1 aliphatic rings. The van der Waals surface area contributed by atoms with Gasteiger partial charge in [-0.2, -0.15) is 14.9 Å². The molecule has 4 rings (SSSR count). The van der Waals surface area contributed by atoms with E-state index in [1.165, 1.54) is 0 Å². The van der Waals surface area contributed by atoms with Gasteiger partial charge in [-0.05, 0) is 43.5 Å². The summed E-state index contributed by atoms with van der Waals surface area (Å²) < 4.78 is 6.86. The van der Waals surface area contributed by atoms with Gasteiger partial charge >= 0.3 is 0 Å². The van der Waals surface area contributed by atoms with Gasteiger partial charge in [-0.1, -0.05) is 5.21 Å². The van der Waals surface area contributed by atoms with Gasteiger partial charge < -0.3 is 10.1 Å². The van der Waals surface area contributed by atoms with Crippen molar-refractivity contribution >= 4 is 17.1 Å². The van der Waals surface area contributed by atoms with Crippen LogP contribution in [-0.2, 0) is 0 Å². The second-order valence-corrected chi connectivity index (χ2v) is 6.08. The monoisotopic (exact) mass is 335 g/mol. The minimum Gasteiger partial charge on any atom is -0.497 e. The maximum atomic E-state index is 9.03. The van der Waals surface area contributed by atoms with E-state index >= 15 is 0 Å². The van der Waals surface area contributed by atoms with E-state index in [9.17, 15) is 0 Å². The van der Waals surface area contributed by atoms with Crippen molar-refractivity contribution < 1.29 is 4.74 Å². The van der Waals surface area contributed by atoms with Crippen molar-refractivity contribution in [3.8, 4) is 17.5 Å². The molecule has 126 valence electrons. The van der Waals surface area contributed by atoms with Crippen LogP contribution in [0.4, 0.5) is 5.95 Å². The number of aromatic nitrogens is 5. The van der Waals surface area contributed by atoms with Crippen LogP contribution in [0.15, 0.2) is 30.5 Å². The number of benzene rings is 1. The van der Waals surface area contributed by atoms with E-state index in [0.717, 1.165) is 30.7 Å². The SMILES string of the molecule is COc1ccc(-n2nnc3cnc(N[C@H]4CC[C@@H](C#N)C4)nc32)cc1. The van der Waals surface area contributed by atoms with Crippen LogP contribution in [0.2, 0.25) is 0 Å². The molecule has 8 heteroatoms. The summed E-state index contributed by atoms with van der Waals surface area (Å²) in [7, 11) is 1.63. The Morgan fingerprint density at radius 3 is 2.84 bits per heavy atom. The van der Waals surface area contributed by atoms with Crippen molar-refractivity contribution in [2.45, 2.75) is 25.3 Å². The molecule has 0 amide bonds. The van der Waals surface area contributed by atoms with Crippen molar-refractivity contribution in [2.24, 2.45) is 5.92 Å². The Labute approximate surface area is 144 Å². The molecule has 0 saturated heterocycles. The standard InChI is InChI=1S/C17H17N7O/c1-25-14-6-4-13(5-7-14)24-16-15(22-23-24)10-19-17(21-16)20-12-3-2-11(8-12)9-18/h4-7,10-12H,2-3,8H2,1H3,(H,19,20,21)/t11-,12+/m1/s1. The van der Waals surface area contributed by atoms with Crippen LogP contribution in [-0.4, -0.2) is 38.1 Å². The fraction of sp³-hybridized carbons (Fsp3) is 0.353. The number of nitrogens with zero attached hydrogens (tertiary/aromatic N) is 6. The highest BCUT2D eigenvalue weighted by atomic mass is 16.5. The molecule has 0 bridgehead atoms. The zero-order chi connectivity index (χ0) is 17.2. The van der Waals surface area contributed by atoms with E-state index in [1.807, 2.05) is 24.3 Å². The van der Waals surface area contributed by atoms with Crippen LogP contribution >= 0.6 is 0 Å². The quantitative estimate of drug-likeness (QED) is 0.780. The third-order valence-electron chi connectivity index (χ3n) is 4.46. The predicted octanol–water partition coefficient (Wildman–Crippen LogP) is 2.32. The molecule has 0 spiro atoms. The first-order valence-corrected chi connectivity index (χ1v) is 8.16. The molecule has 2 atom stereocenters. The maximum Gasteiger partial charge on any atom is 0.225 e. The Balaban J connectivity index is 1.62. The summed E-state index contributed by atoms with van der Waals surface area (Å²) in [6, 6.07) is 10.1. The minimum atomic E-state index is 0.118. The number of fused-ring (bicyclic) bond motifs is 1. The summed E-state index contributed by atoms with van der Waals surface area (Å²) in [6.45, 7) is 0. The Bertz CT molecular complexity index is 928. The summed E-state index contributed by atoms with van der Waals surface area (Å²) in [6.07, 6.45) is 4.36. The molecule has 2 aromatic heterocycles. The van der Waals surface area contributed by atoms with Crippen molar-refractivity contribution in [3.05, 3.63) is 30.5 Å². The molecule has 2 heterocycles. The fourth-order valence-electron chi connectivity index (χ4n) is 3.11. The van der Waals surface area contributed by atoms with Crippen LogP contribution in [0.25, 0.3) is 16.9 Å². The molecular formula is C17H17N7O. The zero-order valence-electron chi connectivity index (χ0n) is 13.8. The number of hydrogen-bond donors (Lipinski definition) is 1. The van der Waals surface area contributed by atoms with Gasteiger partial charge in [0.2, 0.25) is 5.95 Å². The Hall–Kier alpha value is -3.21. The summed E-state index contributed by atoms with van der Waals surface area (Å²) >= 11 is 0. The number of rotatable bonds is 4. The summed E-state index contributed by atoms with van der Waals surface area (Å²) in [5, 5.41) is 20.6. The van der Waals surface area contributed by atoms with E-state index in [2.05, 4.69) is 31.7 Å². The molecule has 1 aromatic carbocycles. The van der Waals surface area contributed by atoms with Gasteiger partial charge in [0.1, 0.15) is 5.75 Å². The van der Waals surface area contributed by atoms with Gasteiger partial charge in [0, 0.05) is 12.0 Å². The number of nitrogens with one attached hydrogen (secondary N) is 1. The van der Waals surface area contributed by atoms with Crippen LogP contribution in [0.5, 0.6) is 5.75 Å². The molecule has 8 nitrogen and oxygen atoms in total. The van der Waals surface area contributed by atoms with Gasteiger partial charge in [0.25, 0.3) is 0 Å².